The molecule has 0 saturated carbocycles. The first-order chi connectivity index (χ1) is 9.60. The van der Waals surface area contributed by atoms with Gasteiger partial charge in [-0.2, -0.15) is 0 Å². The number of ether oxygens (including phenoxy) is 1. The molecule has 2 aromatic rings. The SMILES string of the molecule is O=[N+]([O-])c1ccc(COc2ccc(CO)cc2F)cc1. The normalized spacial score (nSPS) is 10.3. The summed E-state index contributed by atoms with van der Waals surface area (Å²) in [5.74, 6) is -0.487. The van der Waals surface area contributed by atoms with Crippen LogP contribution in [0.3, 0.4) is 0 Å². The Kier molecular flexibility index (Phi) is 4.27. The van der Waals surface area contributed by atoms with E-state index in [0.29, 0.717) is 11.1 Å². The Morgan fingerprint density at radius 2 is 1.80 bits per heavy atom. The number of nitrogens with zero attached hydrogens (tertiary/aromatic N) is 1. The molecule has 0 fully saturated rings. The number of non-ortho nitro benzene ring substituents is 1. The van der Waals surface area contributed by atoms with E-state index >= 15 is 0 Å². The number of nitro groups is 1. The van der Waals surface area contributed by atoms with Crippen molar-refractivity contribution in [2.45, 2.75) is 13.2 Å². The lowest BCUT2D eigenvalue weighted by Gasteiger charge is -2.08. The Hall–Kier alpha value is -2.47. The fourth-order valence-corrected chi connectivity index (χ4v) is 1.63. The van der Waals surface area contributed by atoms with E-state index in [9.17, 15) is 14.5 Å². The van der Waals surface area contributed by atoms with Crippen LogP contribution >= 0.6 is 0 Å². The number of aliphatic hydroxyl groups is 1. The summed E-state index contributed by atoms with van der Waals surface area (Å²) in [7, 11) is 0. The van der Waals surface area contributed by atoms with E-state index in [2.05, 4.69) is 0 Å². The van der Waals surface area contributed by atoms with Gasteiger partial charge in [0.2, 0.25) is 0 Å². The molecule has 20 heavy (non-hydrogen) atoms. The Balaban J connectivity index is 2.03. The van der Waals surface area contributed by atoms with Gasteiger partial charge in [0.05, 0.1) is 11.5 Å². The zero-order chi connectivity index (χ0) is 14.5. The van der Waals surface area contributed by atoms with Crippen LogP contribution in [-0.4, -0.2) is 10.0 Å². The van der Waals surface area contributed by atoms with E-state index in [1.54, 1.807) is 18.2 Å². The van der Waals surface area contributed by atoms with Gasteiger partial charge >= 0.3 is 0 Å². The van der Waals surface area contributed by atoms with Crippen molar-refractivity contribution >= 4 is 5.69 Å². The second kappa shape index (κ2) is 6.12. The second-order valence-corrected chi connectivity index (χ2v) is 4.14. The largest absolute Gasteiger partial charge is 0.486 e. The lowest BCUT2D eigenvalue weighted by molar-refractivity contribution is -0.384. The van der Waals surface area contributed by atoms with Gasteiger partial charge < -0.3 is 9.84 Å². The molecule has 0 aliphatic carbocycles. The first-order valence-electron chi connectivity index (χ1n) is 5.85. The van der Waals surface area contributed by atoms with Gasteiger partial charge in [-0.05, 0) is 35.4 Å². The van der Waals surface area contributed by atoms with Crippen LogP contribution in [0.2, 0.25) is 0 Å². The zero-order valence-electron chi connectivity index (χ0n) is 10.5. The van der Waals surface area contributed by atoms with Crippen LogP contribution in [0.5, 0.6) is 5.75 Å². The van der Waals surface area contributed by atoms with E-state index in [0.717, 1.165) is 0 Å². The van der Waals surface area contributed by atoms with Gasteiger partial charge in [-0.25, -0.2) is 4.39 Å². The third-order valence-corrected chi connectivity index (χ3v) is 2.72. The third-order valence-electron chi connectivity index (χ3n) is 2.72. The number of benzene rings is 2. The van der Waals surface area contributed by atoms with Crippen molar-refractivity contribution in [2.24, 2.45) is 0 Å². The van der Waals surface area contributed by atoms with E-state index in [-0.39, 0.29) is 24.7 Å². The summed E-state index contributed by atoms with van der Waals surface area (Å²) in [6, 6.07) is 10.0. The molecule has 5 nitrogen and oxygen atoms in total. The molecule has 2 rings (SSSR count). The molecule has 0 atom stereocenters. The molecule has 0 radical (unpaired) electrons. The highest BCUT2D eigenvalue weighted by Gasteiger charge is 2.07. The number of aliphatic hydroxyl groups excluding tert-OH is 1. The number of hydrogen-bond donors (Lipinski definition) is 1. The minimum atomic E-state index is -0.557. The molecule has 0 heterocycles. The lowest BCUT2D eigenvalue weighted by Crippen LogP contribution is -1.98. The van der Waals surface area contributed by atoms with Crippen LogP contribution in [-0.2, 0) is 13.2 Å². The molecule has 0 aliphatic rings. The number of nitro benzene ring substituents is 1. The first kappa shape index (κ1) is 14.0. The topological polar surface area (TPSA) is 72.6 Å². The molecule has 0 saturated heterocycles. The quantitative estimate of drug-likeness (QED) is 0.673. The van der Waals surface area contributed by atoms with Crippen LogP contribution in [0.25, 0.3) is 0 Å². The van der Waals surface area contributed by atoms with Gasteiger partial charge in [0, 0.05) is 12.1 Å². The summed E-state index contributed by atoms with van der Waals surface area (Å²) < 4.78 is 18.9. The van der Waals surface area contributed by atoms with Crippen molar-refractivity contribution in [3.05, 3.63) is 69.5 Å². The molecule has 0 spiro atoms. The molecular formula is C14H12FNO4. The predicted molar refractivity (Wildman–Crippen MR) is 69.8 cm³/mol. The highest BCUT2D eigenvalue weighted by Crippen LogP contribution is 2.20. The highest BCUT2D eigenvalue weighted by molar-refractivity contribution is 5.33. The molecule has 1 N–H and O–H groups in total. The average Bonchev–Trinajstić information content (AvgIpc) is 2.46. The second-order valence-electron chi connectivity index (χ2n) is 4.14. The molecular weight excluding hydrogens is 265 g/mol. The average molecular weight is 277 g/mol. The molecule has 0 aromatic heterocycles. The molecule has 2 aromatic carbocycles. The Morgan fingerprint density at radius 3 is 2.35 bits per heavy atom. The van der Waals surface area contributed by atoms with E-state index in [4.69, 9.17) is 9.84 Å². The van der Waals surface area contributed by atoms with Gasteiger partial charge in [0.25, 0.3) is 5.69 Å². The Bertz CT molecular complexity index is 613. The monoisotopic (exact) mass is 277 g/mol. The van der Waals surface area contributed by atoms with Gasteiger partial charge in [-0.1, -0.05) is 6.07 Å². The summed E-state index contributed by atoms with van der Waals surface area (Å²) in [4.78, 5) is 10.0. The van der Waals surface area contributed by atoms with Crippen LogP contribution in [0.1, 0.15) is 11.1 Å². The number of hydrogen-bond acceptors (Lipinski definition) is 4. The molecule has 6 heteroatoms. The third kappa shape index (κ3) is 3.30. The predicted octanol–water partition coefficient (Wildman–Crippen LogP) is 2.81. The summed E-state index contributed by atoms with van der Waals surface area (Å²) in [5, 5.41) is 19.4. The van der Waals surface area contributed by atoms with E-state index in [1.807, 2.05) is 0 Å². The molecule has 0 unspecified atom stereocenters. The van der Waals surface area contributed by atoms with E-state index in [1.165, 1.54) is 24.3 Å². The zero-order valence-corrected chi connectivity index (χ0v) is 10.5. The van der Waals surface area contributed by atoms with Crippen molar-refractivity contribution in [3.8, 4) is 5.75 Å². The van der Waals surface area contributed by atoms with Crippen molar-refractivity contribution in [3.63, 3.8) is 0 Å². The van der Waals surface area contributed by atoms with Crippen molar-refractivity contribution < 1.29 is 19.2 Å². The van der Waals surface area contributed by atoms with Crippen LogP contribution < -0.4 is 4.74 Å². The maximum absolute atomic E-state index is 13.6. The Morgan fingerprint density at radius 1 is 1.15 bits per heavy atom. The van der Waals surface area contributed by atoms with Crippen molar-refractivity contribution in [1.29, 1.82) is 0 Å². The lowest BCUT2D eigenvalue weighted by atomic mass is 10.2. The number of rotatable bonds is 5. The smallest absolute Gasteiger partial charge is 0.269 e. The number of halogens is 1. The standard InChI is InChI=1S/C14H12FNO4/c15-13-7-11(8-17)3-6-14(13)20-9-10-1-4-12(5-2-10)16(18)19/h1-7,17H,8-9H2. The summed E-state index contributed by atoms with van der Waals surface area (Å²) in [5.41, 5.74) is 1.15. The van der Waals surface area contributed by atoms with Crippen LogP contribution in [0.4, 0.5) is 10.1 Å². The van der Waals surface area contributed by atoms with Gasteiger partial charge in [-0.15, -0.1) is 0 Å². The minimum absolute atomic E-state index is 0.00720. The maximum Gasteiger partial charge on any atom is 0.269 e. The highest BCUT2D eigenvalue weighted by atomic mass is 19.1. The minimum Gasteiger partial charge on any atom is -0.486 e. The van der Waals surface area contributed by atoms with E-state index < -0.39 is 10.7 Å². The van der Waals surface area contributed by atoms with Crippen LogP contribution in [0.15, 0.2) is 42.5 Å². The fourth-order valence-electron chi connectivity index (χ4n) is 1.63. The van der Waals surface area contributed by atoms with Crippen LogP contribution in [0, 0.1) is 15.9 Å². The summed E-state index contributed by atoms with van der Waals surface area (Å²) in [6.45, 7) is -0.132. The summed E-state index contributed by atoms with van der Waals surface area (Å²) in [6.07, 6.45) is 0. The van der Waals surface area contributed by atoms with Gasteiger partial charge in [0.1, 0.15) is 6.61 Å². The van der Waals surface area contributed by atoms with Gasteiger partial charge in [-0.3, -0.25) is 10.1 Å². The van der Waals surface area contributed by atoms with Gasteiger partial charge in [0.15, 0.2) is 11.6 Å². The summed E-state index contributed by atoms with van der Waals surface area (Å²) >= 11 is 0. The van der Waals surface area contributed by atoms with Crippen molar-refractivity contribution in [2.75, 3.05) is 0 Å². The maximum atomic E-state index is 13.6. The molecule has 104 valence electrons. The Labute approximate surface area is 114 Å². The fraction of sp³-hybridized carbons (Fsp3) is 0.143. The molecule has 0 bridgehead atoms. The van der Waals surface area contributed by atoms with Crippen molar-refractivity contribution in [1.82, 2.24) is 0 Å². The first-order valence-corrected chi connectivity index (χ1v) is 5.85. The molecule has 0 aliphatic heterocycles. The molecule has 0 amide bonds.